The van der Waals surface area contributed by atoms with Crippen molar-refractivity contribution in [2.75, 3.05) is 26.4 Å². The number of unbranched alkanes of at least 4 members (excludes halogenated alkanes) is 56. The van der Waals surface area contributed by atoms with Crippen molar-refractivity contribution in [3.05, 3.63) is 12.2 Å². The normalized spacial score (nSPS) is 25.9. The summed E-state index contributed by atoms with van der Waals surface area (Å²) >= 11 is 0. The van der Waals surface area contributed by atoms with E-state index >= 15 is 0 Å². The summed E-state index contributed by atoms with van der Waals surface area (Å²) in [6.45, 7) is 1.82. The third kappa shape index (κ3) is 45.1. The number of carbonyl (C=O) groups is 1. The maximum atomic E-state index is 13.5. The Kier molecular flexibility index (Phi) is 61.5. The van der Waals surface area contributed by atoms with Gasteiger partial charge in [0.1, 0.15) is 73.2 Å². The van der Waals surface area contributed by atoms with Gasteiger partial charge in [0.2, 0.25) is 5.91 Å². The van der Waals surface area contributed by atoms with Crippen molar-refractivity contribution in [2.45, 2.75) is 497 Å². The molecule has 3 aliphatic rings. The van der Waals surface area contributed by atoms with Gasteiger partial charge in [-0.3, -0.25) is 4.79 Å². The molecule has 3 heterocycles. The van der Waals surface area contributed by atoms with Gasteiger partial charge in [0.15, 0.2) is 18.9 Å². The van der Waals surface area contributed by atoms with E-state index in [9.17, 15) is 61.0 Å². The first-order valence-corrected chi connectivity index (χ1v) is 43.9. The molecule has 0 bridgehead atoms. The van der Waals surface area contributed by atoms with E-state index in [2.05, 4.69) is 19.2 Å². The molecule has 19 heteroatoms. The second kappa shape index (κ2) is 66.2. The second-order valence-electron chi connectivity index (χ2n) is 31.7. The Hall–Kier alpha value is -1.47. The van der Waals surface area contributed by atoms with Crippen molar-refractivity contribution in [2.24, 2.45) is 0 Å². The van der Waals surface area contributed by atoms with Crippen LogP contribution in [0.3, 0.4) is 0 Å². The minimum absolute atomic E-state index is 0.250. The molecule has 3 fully saturated rings. The zero-order valence-corrected chi connectivity index (χ0v) is 66.3. The van der Waals surface area contributed by atoms with E-state index in [4.69, 9.17) is 28.4 Å². The highest BCUT2D eigenvalue weighted by Crippen LogP contribution is 2.34. The quantitative estimate of drug-likeness (QED) is 0.0199. The lowest BCUT2D eigenvalue weighted by Crippen LogP contribution is -2.66. The molecular weight excluding hydrogens is 1320 g/mol. The van der Waals surface area contributed by atoms with Gasteiger partial charge >= 0.3 is 0 Å². The summed E-state index contributed by atoms with van der Waals surface area (Å²) in [4.78, 5) is 13.5. The Labute approximate surface area is 633 Å². The third-order valence-corrected chi connectivity index (χ3v) is 22.3. The first kappa shape index (κ1) is 96.7. The van der Waals surface area contributed by atoms with Crippen LogP contribution in [0.1, 0.15) is 393 Å². The second-order valence-corrected chi connectivity index (χ2v) is 31.7. The lowest BCUT2D eigenvalue weighted by Gasteiger charge is -2.48. The Bertz CT molecular complexity index is 1920. The van der Waals surface area contributed by atoms with Gasteiger partial charge in [-0.15, -0.1) is 0 Å². The van der Waals surface area contributed by atoms with E-state index in [1.807, 2.05) is 6.08 Å². The molecule has 12 N–H and O–H groups in total. The van der Waals surface area contributed by atoms with Gasteiger partial charge in [0, 0.05) is 6.42 Å². The number of ether oxygens (including phenoxy) is 6. The molecule has 0 aliphatic carbocycles. The number of aliphatic hydroxyl groups excluding tert-OH is 11. The summed E-state index contributed by atoms with van der Waals surface area (Å²) in [6, 6.07) is -0.971. The number of hydrogen-bond donors (Lipinski definition) is 12. The lowest BCUT2D eigenvalue weighted by atomic mass is 9.96. The van der Waals surface area contributed by atoms with Crippen LogP contribution in [-0.4, -0.2) is 193 Å². The van der Waals surface area contributed by atoms with Gasteiger partial charge < -0.3 is 89.9 Å². The number of amides is 1. The molecular formula is C85H163NO18. The fourth-order valence-electron chi connectivity index (χ4n) is 15.3. The lowest BCUT2D eigenvalue weighted by molar-refractivity contribution is -0.379. The van der Waals surface area contributed by atoms with E-state index in [-0.39, 0.29) is 18.9 Å². The van der Waals surface area contributed by atoms with Gasteiger partial charge in [0.25, 0.3) is 0 Å². The molecule has 1 amide bonds. The molecule has 3 saturated heterocycles. The van der Waals surface area contributed by atoms with E-state index in [0.29, 0.717) is 6.42 Å². The largest absolute Gasteiger partial charge is 0.394 e. The van der Waals surface area contributed by atoms with Crippen molar-refractivity contribution in [3.8, 4) is 0 Å². The molecule has 17 unspecified atom stereocenters. The summed E-state index contributed by atoms with van der Waals surface area (Å²) in [7, 11) is 0. The Morgan fingerprint density at radius 1 is 0.337 bits per heavy atom. The van der Waals surface area contributed by atoms with E-state index in [1.165, 1.54) is 321 Å². The van der Waals surface area contributed by atoms with E-state index in [0.717, 1.165) is 44.9 Å². The Balaban J connectivity index is 1.34. The summed E-state index contributed by atoms with van der Waals surface area (Å²) in [5.41, 5.74) is 0. The van der Waals surface area contributed by atoms with Crippen LogP contribution < -0.4 is 5.32 Å². The van der Waals surface area contributed by atoms with Crippen molar-refractivity contribution >= 4 is 5.91 Å². The Morgan fingerprint density at radius 3 is 0.904 bits per heavy atom. The first-order chi connectivity index (χ1) is 50.8. The highest BCUT2D eigenvalue weighted by Gasteiger charge is 2.54. The smallest absolute Gasteiger partial charge is 0.220 e. The average molecular weight is 1490 g/mol. The van der Waals surface area contributed by atoms with Gasteiger partial charge in [-0.1, -0.05) is 379 Å². The summed E-state index contributed by atoms with van der Waals surface area (Å²) in [5.74, 6) is -0.265. The molecule has 0 aromatic carbocycles. The molecule has 0 saturated carbocycles. The molecule has 3 aliphatic heterocycles. The Morgan fingerprint density at radius 2 is 0.596 bits per heavy atom. The van der Waals surface area contributed by atoms with Crippen molar-refractivity contribution < 1.29 is 89.4 Å². The third-order valence-electron chi connectivity index (χ3n) is 22.3. The number of carbonyl (C=O) groups excluding carboxylic acids is 1. The van der Waals surface area contributed by atoms with Crippen LogP contribution >= 0.6 is 0 Å². The summed E-state index contributed by atoms with van der Waals surface area (Å²) < 4.78 is 34.5. The number of hydrogen-bond acceptors (Lipinski definition) is 18. The zero-order valence-electron chi connectivity index (χ0n) is 66.3. The number of nitrogens with one attached hydrogen (secondary N) is 1. The predicted octanol–water partition coefficient (Wildman–Crippen LogP) is 15.9. The van der Waals surface area contributed by atoms with Crippen LogP contribution in [0.4, 0.5) is 0 Å². The van der Waals surface area contributed by atoms with Gasteiger partial charge in [-0.05, 0) is 19.3 Å². The van der Waals surface area contributed by atoms with Gasteiger partial charge in [-0.2, -0.15) is 0 Å². The van der Waals surface area contributed by atoms with Crippen molar-refractivity contribution in [1.29, 1.82) is 0 Å². The molecule has 0 radical (unpaired) electrons. The molecule has 19 nitrogen and oxygen atoms in total. The van der Waals surface area contributed by atoms with Crippen LogP contribution in [0.25, 0.3) is 0 Å². The minimum Gasteiger partial charge on any atom is -0.394 e. The monoisotopic (exact) mass is 1490 g/mol. The highest BCUT2D eigenvalue weighted by molar-refractivity contribution is 5.76. The summed E-state index contributed by atoms with van der Waals surface area (Å²) in [5, 5.41) is 121. The fraction of sp³-hybridized carbons (Fsp3) is 0.965. The molecule has 616 valence electrons. The first-order valence-electron chi connectivity index (χ1n) is 43.9. The van der Waals surface area contributed by atoms with Crippen LogP contribution in [0.2, 0.25) is 0 Å². The topological polar surface area (TPSA) is 307 Å². The number of rotatable bonds is 72. The van der Waals surface area contributed by atoms with Gasteiger partial charge in [-0.25, -0.2) is 0 Å². The van der Waals surface area contributed by atoms with Crippen molar-refractivity contribution in [1.82, 2.24) is 5.32 Å². The minimum atomic E-state index is -1.98. The fourth-order valence-corrected chi connectivity index (χ4v) is 15.3. The standard InChI is InChI=1S/C85H163NO18/c1-3-5-7-9-11-13-15-17-19-21-23-25-27-29-31-32-33-34-35-36-37-38-40-42-44-46-48-50-52-54-56-58-60-62-69(90)68(86-73(91)63-61-59-57-55-53-51-49-47-45-43-41-39-30-28-26-24-22-20-18-16-14-12-10-8-6-4-2)67-99-83-79(97)76(94)81(71(65-88)101-83)104-85-80(98)77(95)82(72(66-89)102-85)103-84-78(96)75(93)74(92)70(64-87)100-84/h60,62,68-72,74-85,87-90,92-98H,3-59,61,63-67H2,1-2H3,(H,86,91)/b62-60+. The van der Waals surface area contributed by atoms with Crippen LogP contribution in [0, 0.1) is 0 Å². The van der Waals surface area contributed by atoms with Crippen LogP contribution in [-0.2, 0) is 33.2 Å². The molecule has 104 heavy (non-hydrogen) atoms. The number of allylic oxidation sites excluding steroid dienone is 1. The highest BCUT2D eigenvalue weighted by atomic mass is 16.8. The van der Waals surface area contributed by atoms with Gasteiger partial charge in [0.05, 0.1) is 38.6 Å². The number of aliphatic hydroxyl groups is 11. The maximum absolute atomic E-state index is 13.5. The predicted molar refractivity (Wildman–Crippen MR) is 416 cm³/mol. The van der Waals surface area contributed by atoms with Crippen LogP contribution in [0.15, 0.2) is 12.2 Å². The van der Waals surface area contributed by atoms with Crippen LogP contribution in [0.5, 0.6) is 0 Å². The molecule has 3 rings (SSSR count). The maximum Gasteiger partial charge on any atom is 0.220 e. The SMILES string of the molecule is CCCCCCCCCCCCCCCCCCCCCCCCCCCCCCCCC/C=C/C(O)C(COC1OC(CO)C(OC2OC(CO)C(OC3OC(CO)C(O)C(O)C3O)C(O)C2O)C(O)C1O)NC(=O)CCCCCCCCCCCCCCCCCCCCCCCCCCCC. The molecule has 0 spiro atoms. The molecule has 0 aromatic heterocycles. The molecule has 17 atom stereocenters. The van der Waals surface area contributed by atoms with E-state index in [1.54, 1.807) is 6.08 Å². The summed E-state index contributed by atoms with van der Waals surface area (Å²) in [6.07, 6.45) is 53.6. The zero-order chi connectivity index (χ0) is 75.3. The van der Waals surface area contributed by atoms with Crippen molar-refractivity contribution in [3.63, 3.8) is 0 Å². The van der Waals surface area contributed by atoms with E-state index < -0.39 is 124 Å². The average Bonchev–Trinajstić information content (AvgIpc) is 0.783. The molecule has 0 aromatic rings.